The van der Waals surface area contributed by atoms with Crippen LogP contribution in [0.25, 0.3) is 0 Å². The Hall–Kier alpha value is -3.41. The molecule has 2 fully saturated rings. The van der Waals surface area contributed by atoms with Gasteiger partial charge in [-0.2, -0.15) is 4.98 Å². The first kappa shape index (κ1) is 26.2. The van der Waals surface area contributed by atoms with Gasteiger partial charge < -0.3 is 24.8 Å². The smallest absolute Gasteiger partial charge is 0.324 e. The zero-order chi connectivity index (χ0) is 27.0. The van der Waals surface area contributed by atoms with Crippen LogP contribution in [0.3, 0.4) is 0 Å². The molecule has 2 aliphatic heterocycles. The van der Waals surface area contributed by atoms with Crippen LogP contribution >= 0.6 is 0 Å². The van der Waals surface area contributed by atoms with Gasteiger partial charge in [0.2, 0.25) is 5.88 Å². The van der Waals surface area contributed by atoms with Gasteiger partial charge in [-0.05, 0) is 37.3 Å². The first-order chi connectivity index (χ1) is 18.2. The second-order valence-corrected chi connectivity index (χ2v) is 10.4. The van der Waals surface area contributed by atoms with Gasteiger partial charge in [0, 0.05) is 50.1 Å². The Kier molecular flexibility index (Phi) is 7.42. The van der Waals surface area contributed by atoms with E-state index < -0.39 is 29.4 Å². The van der Waals surface area contributed by atoms with Gasteiger partial charge in [-0.15, -0.1) is 0 Å². The third-order valence-corrected chi connectivity index (χ3v) is 7.47. The van der Waals surface area contributed by atoms with Crippen molar-refractivity contribution in [1.82, 2.24) is 20.1 Å². The molecule has 1 aromatic carbocycles. The minimum atomic E-state index is -1.22. The maximum Gasteiger partial charge on any atom is 0.324 e. The summed E-state index contributed by atoms with van der Waals surface area (Å²) in [7, 11) is 0. The van der Waals surface area contributed by atoms with E-state index in [1.54, 1.807) is 12.4 Å². The molecule has 0 spiro atoms. The summed E-state index contributed by atoms with van der Waals surface area (Å²) in [6, 6.07) is 1.54. The lowest BCUT2D eigenvalue weighted by atomic mass is 9.92. The van der Waals surface area contributed by atoms with Crippen LogP contribution in [0.5, 0.6) is 5.88 Å². The van der Waals surface area contributed by atoms with Gasteiger partial charge in [0.15, 0.2) is 17.5 Å². The first-order valence-corrected chi connectivity index (χ1v) is 12.9. The molecule has 2 aliphatic rings. The van der Waals surface area contributed by atoms with E-state index in [1.165, 1.54) is 0 Å². The standard InChI is InChI=1S/C26H32F3N7O2/c1-14(2)25-33-26(38-34-25)35-6-4-16(5-7-35)15(3)37-24-11-31-23(10-32-24)36-12-18(22(30)13-36)17-8-20(28)21(29)9-19(17)27/h8-11,14-16,18,22H,4-7,12-13,30H2,1-3H3/t15-,18+,22-/m0/s1. The molecule has 204 valence electrons. The van der Waals surface area contributed by atoms with E-state index in [9.17, 15) is 13.2 Å². The van der Waals surface area contributed by atoms with Crippen LogP contribution in [0.15, 0.2) is 29.0 Å². The number of ether oxygens (including phenoxy) is 1. The highest BCUT2D eigenvalue weighted by Gasteiger charge is 2.35. The number of hydrogen-bond donors (Lipinski definition) is 1. The number of nitrogens with two attached hydrogens (primary N) is 1. The Morgan fingerprint density at radius 1 is 0.974 bits per heavy atom. The zero-order valence-corrected chi connectivity index (χ0v) is 21.6. The number of anilines is 2. The number of hydrogen-bond acceptors (Lipinski definition) is 9. The summed E-state index contributed by atoms with van der Waals surface area (Å²) in [4.78, 5) is 17.3. The Balaban J connectivity index is 1.15. The molecule has 4 heterocycles. The monoisotopic (exact) mass is 531 g/mol. The Labute approximate surface area is 219 Å². The molecule has 2 saturated heterocycles. The maximum atomic E-state index is 14.3. The fourth-order valence-electron chi connectivity index (χ4n) is 5.14. The zero-order valence-electron chi connectivity index (χ0n) is 21.6. The quantitative estimate of drug-likeness (QED) is 0.453. The highest BCUT2D eigenvalue weighted by Crippen LogP contribution is 2.32. The molecule has 2 N–H and O–H groups in total. The van der Waals surface area contributed by atoms with Crippen molar-refractivity contribution in [3.05, 3.63) is 53.4 Å². The van der Waals surface area contributed by atoms with Gasteiger partial charge in [0.25, 0.3) is 0 Å². The summed E-state index contributed by atoms with van der Waals surface area (Å²) in [6.07, 6.45) is 4.92. The highest BCUT2D eigenvalue weighted by atomic mass is 19.2. The average Bonchev–Trinajstić information content (AvgIpc) is 3.54. The molecule has 12 heteroatoms. The fourth-order valence-corrected chi connectivity index (χ4v) is 5.14. The van der Waals surface area contributed by atoms with Crippen LogP contribution in [0.4, 0.5) is 25.0 Å². The summed E-state index contributed by atoms with van der Waals surface area (Å²) in [6.45, 7) is 8.39. The predicted octanol–water partition coefficient (Wildman–Crippen LogP) is 4.02. The number of halogens is 3. The Morgan fingerprint density at radius 3 is 2.37 bits per heavy atom. The number of nitrogens with zero attached hydrogens (tertiary/aromatic N) is 6. The SMILES string of the molecule is CC(C)c1noc(N2CCC([C@H](C)Oc3cnc(N4C[C@H](c5cc(F)c(F)cc5F)[C@@H](N)C4)cn3)CC2)n1. The van der Waals surface area contributed by atoms with E-state index in [4.69, 9.17) is 15.0 Å². The predicted molar refractivity (Wildman–Crippen MR) is 135 cm³/mol. The van der Waals surface area contributed by atoms with Gasteiger partial charge in [-0.3, -0.25) is 0 Å². The first-order valence-electron chi connectivity index (χ1n) is 12.9. The van der Waals surface area contributed by atoms with Crippen LogP contribution in [0.1, 0.15) is 56.8 Å². The molecular formula is C26H32F3N7O2. The minimum absolute atomic E-state index is 0.0612. The van der Waals surface area contributed by atoms with Crippen molar-refractivity contribution in [3.8, 4) is 5.88 Å². The number of benzene rings is 1. The molecule has 0 bridgehead atoms. The molecule has 5 rings (SSSR count). The van der Waals surface area contributed by atoms with Gasteiger partial charge >= 0.3 is 6.01 Å². The van der Waals surface area contributed by atoms with Crippen molar-refractivity contribution in [2.24, 2.45) is 11.7 Å². The van der Waals surface area contributed by atoms with E-state index in [1.807, 2.05) is 25.7 Å². The van der Waals surface area contributed by atoms with Gasteiger partial charge in [-0.25, -0.2) is 23.1 Å². The average molecular weight is 532 g/mol. The van der Waals surface area contributed by atoms with Crippen molar-refractivity contribution in [2.45, 2.75) is 57.6 Å². The lowest BCUT2D eigenvalue weighted by Gasteiger charge is -2.33. The molecule has 2 aromatic heterocycles. The van der Waals surface area contributed by atoms with E-state index in [0.717, 1.165) is 32.0 Å². The molecule has 0 saturated carbocycles. The van der Waals surface area contributed by atoms with Crippen LogP contribution in [-0.2, 0) is 0 Å². The summed E-state index contributed by atoms with van der Waals surface area (Å²) < 4.78 is 52.9. The lowest BCUT2D eigenvalue weighted by Crippen LogP contribution is -2.39. The third-order valence-electron chi connectivity index (χ3n) is 7.47. The number of aromatic nitrogens is 4. The highest BCUT2D eigenvalue weighted by molar-refractivity contribution is 5.42. The van der Waals surface area contributed by atoms with E-state index >= 15 is 0 Å². The lowest BCUT2D eigenvalue weighted by molar-refractivity contribution is 0.126. The molecule has 0 amide bonds. The van der Waals surface area contributed by atoms with Crippen molar-refractivity contribution < 1.29 is 22.4 Å². The molecule has 9 nitrogen and oxygen atoms in total. The molecular weight excluding hydrogens is 499 g/mol. The minimum Gasteiger partial charge on any atom is -0.473 e. The van der Waals surface area contributed by atoms with Crippen LogP contribution in [-0.4, -0.2) is 58.4 Å². The summed E-state index contributed by atoms with van der Waals surface area (Å²) in [5, 5.41) is 4.05. The van der Waals surface area contributed by atoms with Gasteiger partial charge in [0.05, 0.1) is 12.4 Å². The molecule has 0 unspecified atom stereocenters. The summed E-state index contributed by atoms with van der Waals surface area (Å²) in [5.41, 5.74) is 6.28. The van der Waals surface area contributed by atoms with Crippen molar-refractivity contribution >= 4 is 11.8 Å². The second kappa shape index (κ2) is 10.8. The topological polar surface area (TPSA) is 106 Å². The third kappa shape index (κ3) is 5.40. The molecule has 3 aromatic rings. The second-order valence-electron chi connectivity index (χ2n) is 10.4. The largest absolute Gasteiger partial charge is 0.473 e. The van der Waals surface area contributed by atoms with Crippen LogP contribution < -0.4 is 20.3 Å². The van der Waals surface area contributed by atoms with E-state index in [-0.39, 0.29) is 17.6 Å². The van der Waals surface area contributed by atoms with Gasteiger partial charge in [-0.1, -0.05) is 19.0 Å². The van der Waals surface area contributed by atoms with E-state index in [2.05, 4.69) is 25.0 Å². The molecule has 0 radical (unpaired) electrons. The van der Waals surface area contributed by atoms with E-state index in [0.29, 0.717) is 48.6 Å². The van der Waals surface area contributed by atoms with Crippen molar-refractivity contribution in [1.29, 1.82) is 0 Å². The molecule has 0 aliphatic carbocycles. The van der Waals surface area contributed by atoms with Gasteiger partial charge in [0.1, 0.15) is 17.7 Å². The molecule has 38 heavy (non-hydrogen) atoms. The maximum absolute atomic E-state index is 14.3. The van der Waals surface area contributed by atoms with Crippen molar-refractivity contribution in [3.63, 3.8) is 0 Å². The van der Waals surface area contributed by atoms with Crippen molar-refractivity contribution in [2.75, 3.05) is 36.0 Å². The van der Waals surface area contributed by atoms with Crippen LogP contribution in [0.2, 0.25) is 0 Å². The number of rotatable bonds is 7. The summed E-state index contributed by atoms with van der Waals surface area (Å²) >= 11 is 0. The normalized spacial score (nSPS) is 21.4. The Morgan fingerprint density at radius 2 is 1.71 bits per heavy atom. The Bertz CT molecular complexity index is 1250. The fraction of sp³-hybridized carbons (Fsp3) is 0.538. The molecule has 3 atom stereocenters. The van der Waals surface area contributed by atoms with Crippen LogP contribution in [0, 0.1) is 23.4 Å². The number of piperidine rings is 1. The summed E-state index contributed by atoms with van der Waals surface area (Å²) in [5.74, 6) is -1.39.